The maximum absolute atomic E-state index is 12.4. The largest absolute Gasteiger partial charge is 0.465 e. The molecule has 0 aliphatic heterocycles. The van der Waals surface area contributed by atoms with Crippen molar-refractivity contribution in [3.05, 3.63) is 28.0 Å². The molecule has 0 spiro atoms. The number of rotatable bonds is 5. The Balaban J connectivity index is 2.99. The van der Waals surface area contributed by atoms with Crippen molar-refractivity contribution in [1.82, 2.24) is 9.88 Å². The zero-order chi connectivity index (χ0) is 15.3. The van der Waals surface area contributed by atoms with Gasteiger partial charge in [0.25, 0.3) is 5.91 Å². The van der Waals surface area contributed by atoms with E-state index in [1.807, 2.05) is 0 Å². The fourth-order valence-corrected chi connectivity index (χ4v) is 1.87. The quantitative estimate of drug-likeness (QED) is 0.618. The van der Waals surface area contributed by atoms with Gasteiger partial charge in [-0.05, 0) is 32.9 Å². The number of hydrogen-bond acceptors (Lipinski definition) is 4. The minimum atomic E-state index is -0.479. The molecule has 7 heteroatoms. The number of aromatic nitrogens is 1. The van der Waals surface area contributed by atoms with E-state index in [0.29, 0.717) is 0 Å². The molecule has 1 aromatic rings. The molecule has 0 N–H and O–H groups in total. The lowest BCUT2D eigenvalue weighted by Crippen LogP contribution is -2.41. The molecule has 20 heavy (non-hydrogen) atoms. The van der Waals surface area contributed by atoms with Gasteiger partial charge >= 0.3 is 5.97 Å². The number of esters is 1. The van der Waals surface area contributed by atoms with Crippen molar-refractivity contribution in [2.45, 2.75) is 26.8 Å². The van der Waals surface area contributed by atoms with Gasteiger partial charge in [-0.3, -0.25) is 9.59 Å². The molecule has 0 unspecified atom stereocenters. The first-order valence-electron chi connectivity index (χ1n) is 6.15. The van der Waals surface area contributed by atoms with E-state index < -0.39 is 11.9 Å². The minimum absolute atomic E-state index is 0.0252. The molecule has 0 fully saturated rings. The van der Waals surface area contributed by atoms with Crippen LogP contribution in [0.5, 0.6) is 0 Å². The minimum Gasteiger partial charge on any atom is -0.465 e. The number of nitrogens with zero attached hydrogens (tertiary/aromatic N) is 2. The third-order valence-electron chi connectivity index (χ3n) is 2.50. The predicted molar refractivity (Wildman–Crippen MR) is 77.1 cm³/mol. The molecule has 1 heterocycles. The maximum Gasteiger partial charge on any atom is 0.325 e. The van der Waals surface area contributed by atoms with E-state index in [9.17, 15) is 9.59 Å². The van der Waals surface area contributed by atoms with Gasteiger partial charge in [0.05, 0.1) is 11.6 Å². The van der Waals surface area contributed by atoms with Gasteiger partial charge < -0.3 is 9.64 Å². The number of halogens is 2. The Morgan fingerprint density at radius 3 is 2.55 bits per heavy atom. The summed E-state index contributed by atoms with van der Waals surface area (Å²) in [5.41, 5.74) is 0.0252. The second-order valence-electron chi connectivity index (χ2n) is 4.30. The van der Waals surface area contributed by atoms with E-state index in [-0.39, 0.29) is 35.1 Å². The van der Waals surface area contributed by atoms with E-state index >= 15 is 0 Å². The van der Waals surface area contributed by atoms with Crippen LogP contribution in [0.25, 0.3) is 0 Å². The molecule has 110 valence electrons. The van der Waals surface area contributed by atoms with Crippen molar-refractivity contribution in [3.63, 3.8) is 0 Å². The van der Waals surface area contributed by atoms with Crippen LogP contribution in [-0.4, -0.2) is 41.0 Å². The second-order valence-corrected chi connectivity index (χ2v) is 5.09. The molecule has 0 aromatic carbocycles. The first kappa shape index (κ1) is 16.7. The van der Waals surface area contributed by atoms with Crippen molar-refractivity contribution in [3.8, 4) is 0 Å². The average Bonchev–Trinajstić information content (AvgIpc) is 2.38. The Kier molecular flexibility index (Phi) is 6.23. The Morgan fingerprint density at radius 1 is 1.35 bits per heavy atom. The van der Waals surface area contributed by atoms with Crippen LogP contribution in [0.4, 0.5) is 0 Å². The first-order valence-corrected chi connectivity index (χ1v) is 6.91. The highest BCUT2D eigenvalue weighted by Gasteiger charge is 2.25. The normalized spacial score (nSPS) is 10.5. The third-order valence-corrected chi connectivity index (χ3v) is 3.02. The molecule has 0 aliphatic carbocycles. The summed E-state index contributed by atoms with van der Waals surface area (Å²) in [6, 6.07) is 2.78. The summed E-state index contributed by atoms with van der Waals surface area (Å²) >= 11 is 11.7. The van der Waals surface area contributed by atoms with E-state index in [4.69, 9.17) is 27.9 Å². The SMILES string of the molecule is CCOC(=O)CN(C(=O)c1nc(Cl)ccc1Cl)C(C)C. The lowest BCUT2D eigenvalue weighted by molar-refractivity contribution is -0.144. The highest BCUT2D eigenvalue weighted by molar-refractivity contribution is 6.34. The van der Waals surface area contributed by atoms with Crippen LogP contribution in [0.2, 0.25) is 10.2 Å². The second kappa shape index (κ2) is 7.45. The number of ether oxygens (including phenoxy) is 1. The Morgan fingerprint density at radius 2 is 2.00 bits per heavy atom. The van der Waals surface area contributed by atoms with E-state index in [2.05, 4.69) is 4.98 Å². The number of pyridine rings is 1. The molecule has 0 radical (unpaired) electrons. The van der Waals surface area contributed by atoms with Gasteiger partial charge in [0.15, 0.2) is 0 Å². The lowest BCUT2D eigenvalue weighted by Gasteiger charge is -2.25. The molecule has 1 aromatic heterocycles. The van der Waals surface area contributed by atoms with Crippen molar-refractivity contribution in [2.24, 2.45) is 0 Å². The molecule has 5 nitrogen and oxygen atoms in total. The zero-order valence-corrected chi connectivity index (χ0v) is 13.0. The van der Waals surface area contributed by atoms with Gasteiger partial charge in [0, 0.05) is 6.04 Å². The van der Waals surface area contributed by atoms with Crippen LogP contribution >= 0.6 is 23.2 Å². The van der Waals surface area contributed by atoms with E-state index in [1.165, 1.54) is 17.0 Å². The smallest absolute Gasteiger partial charge is 0.325 e. The molecule has 0 atom stereocenters. The zero-order valence-electron chi connectivity index (χ0n) is 11.5. The standard InChI is InChI=1S/C13H16Cl2N2O3/c1-4-20-11(18)7-17(8(2)3)13(19)12-9(14)5-6-10(15)16-12/h5-6,8H,4,7H2,1-3H3. The van der Waals surface area contributed by atoms with Gasteiger partial charge in [0.1, 0.15) is 17.4 Å². The number of carbonyl (C=O) groups excluding carboxylic acids is 2. The summed E-state index contributed by atoms with van der Waals surface area (Å²) < 4.78 is 4.85. The summed E-state index contributed by atoms with van der Waals surface area (Å²) in [4.78, 5) is 29.2. The summed E-state index contributed by atoms with van der Waals surface area (Å²) in [7, 11) is 0. The molecule has 1 amide bonds. The monoisotopic (exact) mass is 318 g/mol. The van der Waals surface area contributed by atoms with Gasteiger partial charge in [-0.2, -0.15) is 0 Å². The Hall–Kier alpha value is -1.33. The lowest BCUT2D eigenvalue weighted by atomic mass is 10.2. The van der Waals surface area contributed by atoms with Gasteiger partial charge in [-0.25, -0.2) is 4.98 Å². The maximum atomic E-state index is 12.4. The Bertz CT molecular complexity index is 506. The molecule has 0 aliphatic rings. The molecular formula is C13H16Cl2N2O3. The van der Waals surface area contributed by atoms with Crippen molar-refractivity contribution in [1.29, 1.82) is 0 Å². The van der Waals surface area contributed by atoms with Crippen LogP contribution in [0, 0.1) is 0 Å². The highest BCUT2D eigenvalue weighted by Crippen LogP contribution is 2.19. The molecule has 0 saturated carbocycles. The van der Waals surface area contributed by atoms with Crippen LogP contribution in [-0.2, 0) is 9.53 Å². The fourth-order valence-electron chi connectivity index (χ4n) is 1.54. The van der Waals surface area contributed by atoms with Crippen LogP contribution in [0.3, 0.4) is 0 Å². The number of amides is 1. The van der Waals surface area contributed by atoms with Crippen molar-refractivity contribution >= 4 is 35.1 Å². The summed E-state index contributed by atoms with van der Waals surface area (Å²) in [6.07, 6.45) is 0. The fraction of sp³-hybridized carbons (Fsp3) is 0.462. The number of carbonyl (C=O) groups is 2. The number of hydrogen-bond donors (Lipinski definition) is 0. The predicted octanol–water partition coefficient (Wildman–Crippen LogP) is 2.80. The molecule has 0 saturated heterocycles. The molecule has 0 bridgehead atoms. The summed E-state index contributed by atoms with van der Waals surface area (Å²) in [5, 5.41) is 0.353. The molecular weight excluding hydrogens is 303 g/mol. The average molecular weight is 319 g/mol. The third kappa shape index (κ3) is 4.35. The van der Waals surface area contributed by atoms with Gasteiger partial charge in [-0.1, -0.05) is 23.2 Å². The topological polar surface area (TPSA) is 59.5 Å². The molecule has 1 rings (SSSR count). The van der Waals surface area contributed by atoms with Crippen LogP contribution in [0.1, 0.15) is 31.3 Å². The summed E-state index contributed by atoms with van der Waals surface area (Å²) in [6.45, 7) is 5.38. The highest BCUT2D eigenvalue weighted by atomic mass is 35.5. The van der Waals surface area contributed by atoms with Gasteiger partial charge in [-0.15, -0.1) is 0 Å². The Labute approximate surface area is 127 Å². The van der Waals surface area contributed by atoms with E-state index in [0.717, 1.165) is 0 Å². The van der Waals surface area contributed by atoms with Gasteiger partial charge in [0.2, 0.25) is 0 Å². The van der Waals surface area contributed by atoms with Crippen LogP contribution in [0.15, 0.2) is 12.1 Å². The first-order chi connectivity index (χ1) is 9.36. The van der Waals surface area contributed by atoms with Crippen molar-refractivity contribution < 1.29 is 14.3 Å². The van der Waals surface area contributed by atoms with E-state index in [1.54, 1.807) is 20.8 Å². The van der Waals surface area contributed by atoms with Crippen LogP contribution < -0.4 is 0 Å². The summed E-state index contributed by atoms with van der Waals surface area (Å²) in [5.74, 6) is -0.937. The van der Waals surface area contributed by atoms with Crippen molar-refractivity contribution in [2.75, 3.05) is 13.2 Å².